The molecule has 2 heterocycles. The highest BCUT2D eigenvalue weighted by atomic mass is 32.2. The van der Waals surface area contributed by atoms with Crippen molar-refractivity contribution in [3.63, 3.8) is 0 Å². The molecule has 0 saturated heterocycles. The number of rotatable bonds is 8. The Morgan fingerprint density at radius 3 is 2.14 bits per heavy atom. The molecular formula is C33H29N5O8S3. The van der Waals surface area contributed by atoms with Crippen LogP contribution in [0.25, 0.3) is 12.2 Å². The van der Waals surface area contributed by atoms with Crippen LogP contribution in [0.5, 0.6) is 11.5 Å². The maximum atomic E-state index is 12.7. The SMILES string of the molecule is C=c1ccc2c(c1)Oc1cc(Nc3c(C)c(Nc4nnc(NC(C)=O)s4)c(C)c(S(=O)(=O)O)c3C)ccc1C=2c1ccccc1S(=O)(=O)O. The number of carbonyl (C=O) groups excluding carboxylic acids is 1. The zero-order chi connectivity index (χ0) is 35.4. The third kappa shape index (κ3) is 6.51. The van der Waals surface area contributed by atoms with Crippen molar-refractivity contribution in [1.82, 2.24) is 10.2 Å². The van der Waals surface area contributed by atoms with Gasteiger partial charge in [0.1, 0.15) is 21.3 Å². The number of hydrogen-bond acceptors (Lipinski definition) is 11. The lowest BCUT2D eigenvalue weighted by molar-refractivity contribution is -0.114. The number of carbonyl (C=O) groups is 1. The van der Waals surface area contributed by atoms with E-state index >= 15 is 0 Å². The number of nitrogens with one attached hydrogen (secondary N) is 3. The number of benzene rings is 4. The molecule has 13 nitrogen and oxygen atoms in total. The quantitative estimate of drug-likeness (QED) is 0.130. The molecule has 0 bridgehead atoms. The molecule has 5 aromatic rings. The summed E-state index contributed by atoms with van der Waals surface area (Å²) in [6, 6.07) is 16.5. The monoisotopic (exact) mass is 719 g/mol. The summed E-state index contributed by atoms with van der Waals surface area (Å²) in [5.74, 6) is 0.427. The van der Waals surface area contributed by atoms with Crippen LogP contribution in [0.15, 0.2) is 70.5 Å². The summed E-state index contributed by atoms with van der Waals surface area (Å²) in [5, 5.41) is 18.6. The number of hydrogen-bond donors (Lipinski definition) is 5. The van der Waals surface area contributed by atoms with Crippen molar-refractivity contribution in [2.24, 2.45) is 0 Å². The van der Waals surface area contributed by atoms with E-state index in [0.717, 1.165) is 11.3 Å². The average molecular weight is 720 g/mol. The standard InChI is InChI=1S/C33H29N5O8S3/c1-16-10-12-22-25(14-16)46-26-15-21(11-13-23(26)28(22)24-8-6-7-9-27(24)48(40,41)42)35-29-17(2)30(19(4)31(18(29)3)49(43,44)45)36-33-38-37-32(47-33)34-20(5)39/h6-15,35H,1H2,2-5H3,(H,36,38)(H,34,37,39)(H,40,41,42)(H,43,44,45). The number of nitrogens with zero attached hydrogens (tertiary/aromatic N) is 2. The van der Waals surface area contributed by atoms with Gasteiger partial charge in [-0.2, -0.15) is 16.8 Å². The molecule has 252 valence electrons. The molecule has 6 rings (SSSR count). The average Bonchev–Trinajstić information content (AvgIpc) is 3.45. The Morgan fingerprint density at radius 2 is 1.47 bits per heavy atom. The fourth-order valence-corrected chi connectivity index (χ4v) is 8.26. The largest absolute Gasteiger partial charge is 0.456 e. The normalized spacial score (nSPS) is 12.5. The highest BCUT2D eigenvalue weighted by Gasteiger charge is 2.28. The van der Waals surface area contributed by atoms with Crippen LogP contribution in [0.2, 0.25) is 0 Å². The van der Waals surface area contributed by atoms with Crippen LogP contribution in [0.4, 0.5) is 27.3 Å². The first-order valence-electron chi connectivity index (χ1n) is 14.5. The molecule has 1 aromatic heterocycles. The van der Waals surface area contributed by atoms with E-state index in [1.807, 2.05) is 0 Å². The molecule has 0 unspecified atom stereocenters. The van der Waals surface area contributed by atoms with Gasteiger partial charge < -0.3 is 20.7 Å². The summed E-state index contributed by atoms with van der Waals surface area (Å²) < 4.78 is 76.8. The maximum absolute atomic E-state index is 12.7. The third-order valence-electron chi connectivity index (χ3n) is 7.87. The molecule has 0 saturated carbocycles. The summed E-state index contributed by atoms with van der Waals surface area (Å²) in [7, 11) is -9.29. The first-order chi connectivity index (χ1) is 23.0. The first kappa shape index (κ1) is 33.8. The van der Waals surface area contributed by atoms with E-state index in [9.17, 15) is 30.7 Å². The second-order valence-corrected chi connectivity index (χ2v) is 15.0. The van der Waals surface area contributed by atoms with Gasteiger partial charge >= 0.3 is 0 Å². The minimum atomic E-state index is -4.70. The van der Waals surface area contributed by atoms with Crippen molar-refractivity contribution in [3.8, 4) is 11.5 Å². The Bertz CT molecular complexity index is 2550. The molecule has 49 heavy (non-hydrogen) atoms. The van der Waals surface area contributed by atoms with Crippen molar-refractivity contribution >= 4 is 77.0 Å². The Kier molecular flexibility index (Phi) is 8.54. The summed E-state index contributed by atoms with van der Waals surface area (Å²) in [6.45, 7) is 10.2. The van der Waals surface area contributed by atoms with E-state index in [1.165, 1.54) is 19.1 Å². The van der Waals surface area contributed by atoms with Gasteiger partial charge in [0, 0.05) is 52.0 Å². The van der Waals surface area contributed by atoms with E-state index in [2.05, 4.69) is 32.7 Å². The number of fused-ring (bicyclic) bond motifs is 2. The predicted octanol–water partition coefficient (Wildman–Crippen LogP) is 5.17. The molecule has 1 aliphatic rings. The van der Waals surface area contributed by atoms with Crippen LogP contribution in [-0.4, -0.2) is 42.0 Å². The van der Waals surface area contributed by atoms with Gasteiger partial charge in [-0.15, -0.1) is 10.2 Å². The molecule has 0 aliphatic carbocycles. The first-order valence-corrected chi connectivity index (χ1v) is 18.2. The van der Waals surface area contributed by atoms with Gasteiger partial charge in [0.15, 0.2) is 0 Å². The van der Waals surface area contributed by atoms with E-state index in [1.54, 1.807) is 69.3 Å². The lowest BCUT2D eigenvalue weighted by Gasteiger charge is -2.24. The van der Waals surface area contributed by atoms with Crippen LogP contribution in [0.1, 0.15) is 34.7 Å². The zero-order valence-electron chi connectivity index (χ0n) is 26.4. The van der Waals surface area contributed by atoms with Crippen LogP contribution in [0.3, 0.4) is 0 Å². The third-order valence-corrected chi connectivity index (χ3v) is 10.7. The lowest BCUT2D eigenvalue weighted by atomic mass is 9.92. The molecule has 5 N–H and O–H groups in total. The second kappa shape index (κ2) is 12.4. The van der Waals surface area contributed by atoms with Crippen molar-refractivity contribution in [1.29, 1.82) is 0 Å². The number of anilines is 5. The fourth-order valence-electron chi connectivity index (χ4n) is 5.88. The Balaban J connectivity index is 1.49. The maximum Gasteiger partial charge on any atom is 0.295 e. The van der Waals surface area contributed by atoms with Gasteiger partial charge in [-0.1, -0.05) is 48.2 Å². The minimum absolute atomic E-state index is 0.239. The van der Waals surface area contributed by atoms with Gasteiger partial charge in [0.2, 0.25) is 16.2 Å². The molecule has 0 atom stereocenters. The second-order valence-electron chi connectivity index (χ2n) is 11.3. The highest BCUT2D eigenvalue weighted by Crippen LogP contribution is 2.43. The molecule has 16 heteroatoms. The van der Waals surface area contributed by atoms with Crippen molar-refractivity contribution < 1.29 is 35.5 Å². The van der Waals surface area contributed by atoms with Crippen molar-refractivity contribution in [2.75, 3.05) is 16.0 Å². The van der Waals surface area contributed by atoms with Crippen molar-refractivity contribution in [3.05, 3.63) is 98.9 Å². The zero-order valence-corrected chi connectivity index (χ0v) is 28.9. The Labute approximate surface area is 285 Å². The molecule has 4 aromatic carbocycles. The van der Waals surface area contributed by atoms with E-state index in [0.29, 0.717) is 55.7 Å². The summed E-state index contributed by atoms with van der Waals surface area (Å²) in [5.41, 5.74) is 3.57. The van der Waals surface area contributed by atoms with E-state index < -0.39 is 20.2 Å². The van der Waals surface area contributed by atoms with E-state index in [-0.39, 0.29) is 42.7 Å². The van der Waals surface area contributed by atoms with Crippen LogP contribution in [-0.2, 0) is 25.0 Å². The molecule has 0 radical (unpaired) electrons. The van der Waals surface area contributed by atoms with Crippen molar-refractivity contribution in [2.45, 2.75) is 37.5 Å². The van der Waals surface area contributed by atoms with Gasteiger partial charge in [0.05, 0.1) is 0 Å². The Hall–Kier alpha value is -5.13. The van der Waals surface area contributed by atoms with Gasteiger partial charge in [-0.05, 0) is 66.9 Å². The molecular weight excluding hydrogens is 691 g/mol. The highest BCUT2D eigenvalue weighted by molar-refractivity contribution is 7.86. The molecule has 1 amide bonds. The molecule has 1 aliphatic heterocycles. The number of amides is 1. The van der Waals surface area contributed by atoms with E-state index in [4.69, 9.17) is 4.74 Å². The van der Waals surface area contributed by atoms with Gasteiger partial charge in [0.25, 0.3) is 20.2 Å². The van der Waals surface area contributed by atoms with Crippen LogP contribution in [0, 0.1) is 20.8 Å². The number of ether oxygens (including phenoxy) is 1. The van der Waals surface area contributed by atoms with Gasteiger partial charge in [-0.3, -0.25) is 13.9 Å². The topological polar surface area (TPSA) is 197 Å². The predicted molar refractivity (Wildman–Crippen MR) is 187 cm³/mol. The van der Waals surface area contributed by atoms with Crippen LogP contribution >= 0.6 is 11.3 Å². The summed E-state index contributed by atoms with van der Waals surface area (Å²) in [4.78, 5) is 10.9. The number of aromatic nitrogens is 2. The van der Waals surface area contributed by atoms with Crippen LogP contribution < -0.4 is 31.1 Å². The molecule has 0 fully saturated rings. The Morgan fingerprint density at radius 1 is 0.796 bits per heavy atom. The minimum Gasteiger partial charge on any atom is -0.456 e. The van der Waals surface area contributed by atoms with Gasteiger partial charge in [-0.25, -0.2) is 0 Å². The smallest absolute Gasteiger partial charge is 0.295 e. The fraction of sp³-hybridized carbons (Fsp3) is 0.121. The molecule has 0 spiro atoms. The lowest BCUT2D eigenvalue weighted by Crippen LogP contribution is -2.20. The summed E-state index contributed by atoms with van der Waals surface area (Å²) >= 11 is 1.04. The summed E-state index contributed by atoms with van der Waals surface area (Å²) in [6.07, 6.45) is 0.